The lowest BCUT2D eigenvalue weighted by Gasteiger charge is -2.38. The van der Waals surface area contributed by atoms with Crippen LogP contribution in [0.2, 0.25) is 0 Å². The minimum Gasteiger partial charge on any atom is -0.347 e. The maximum absolute atomic E-state index is 5.46. The summed E-state index contributed by atoms with van der Waals surface area (Å²) in [4.78, 5) is 17.2. The molecular formula is C14H27N7. The third-order valence-electron chi connectivity index (χ3n) is 4.31. The third-order valence-corrected chi connectivity index (χ3v) is 4.31. The summed E-state index contributed by atoms with van der Waals surface area (Å²) in [6.45, 7) is 4.68. The molecule has 1 saturated carbocycles. The van der Waals surface area contributed by atoms with Crippen LogP contribution in [0.25, 0.3) is 0 Å². The molecule has 3 N–H and O–H groups in total. The highest BCUT2D eigenvalue weighted by Gasteiger charge is 2.30. The first kappa shape index (κ1) is 15.8. The molecule has 1 aromatic rings. The molecule has 7 heteroatoms. The topological polar surface area (TPSA) is 83.2 Å². The van der Waals surface area contributed by atoms with Gasteiger partial charge in [-0.05, 0) is 31.1 Å². The molecule has 2 rings (SSSR count). The van der Waals surface area contributed by atoms with E-state index in [0.29, 0.717) is 29.3 Å². The summed E-state index contributed by atoms with van der Waals surface area (Å²) in [6, 6.07) is 0.473. The van der Waals surface area contributed by atoms with Crippen molar-refractivity contribution in [3.63, 3.8) is 0 Å². The number of hydrogen-bond donors (Lipinski definition) is 2. The Kier molecular flexibility index (Phi) is 4.51. The monoisotopic (exact) mass is 293 g/mol. The fraction of sp³-hybridized carbons (Fsp3) is 0.786. The molecule has 1 aromatic heterocycles. The first-order valence-electron chi connectivity index (χ1n) is 7.45. The molecule has 118 valence electrons. The van der Waals surface area contributed by atoms with Gasteiger partial charge in [0.2, 0.25) is 17.8 Å². The lowest BCUT2D eigenvalue weighted by molar-refractivity contribution is 0.222. The number of aromatic nitrogens is 3. The summed E-state index contributed by atoms with van der Waals surface area (Å²) < 4.78 is 0. The zero-order valence-corrected chi connectivity index (χ0v) is 13.7. The molecule has 7 nitrogen and oxygen atoms in total. The van der Waals surface area contributed by atoms with Gasteiger partial charge in [-0.25, -0.2) is 5.84 Å². The van der Waals surface area contributed by atoms with Crippen molar-refractivity contribution in [2.24, 2.45) is 11.3 Å². The Morgan fingerprint density at radius 3 is 2.14 bits per heavy atom. The van der Waals surface area contributed by atoms with Crippen molar-refractivity contribution in [1.82, 2.24) is 15.0 Å². The standard InChI is InChI=1S/C14H27N7/c1-14(2)8-6-10(7-9-14)21(5)13-17-11(19-15)16-12(18-13)20(3)4/h10H,6-9,15H2,1-5H3,(H,16,17,18,19). The summed E-state index contributed by atoms with van der Waals surface area (Å²) in [5, 5.41) is 0. The number of nitrogens with two attached hydrogens (primary N) is 1. The number of nitrogens with zero attached hydrogens (tertiary/aromatic N) is 5. The van der Waals surface area contributed by atoms with E-state index in [9.17, 15) is 0 Å². The first-order chi connectivity index (χ1) is 9.82. The normalized spacial score (nSPS) is 18.4. The minimum absolute atomic E-state index is 0.395. The number of hydrazine groups is 1. The second-order valence-electron chi connectivity index (χ2n) is 6.80. The van der Waals surface area contributed by atoms with Crippen molar-refractivity contribution in [2.45, 2.75) is 45.6 Å². The predicted molar refractivity (Wildman–Crippen MR) is 86.4 cm³/mol. The zero-order valence-electron chi connectivity index (χ0n) is 13.7. The Morgan fingerprint density at radius 2 is 1.62 bits per heavy atom. The van der Waals surface area contributed by atoms with Crippen LogP contribution in [0.1, 0.15) is 39.5 Å². The van der Waals surface area contributed by atoms with Gasteiger partial charge in [-0.3, -0.25) is 5.43 Å². The van der Waals surface area contributed by atoms with E-state index in [4.69, 9.17) is 5.84 Å². The molecule has 0 bridgehead atoms. The molecule has 0 aliphatic heterocycles. The molecule has 0 amide bonds. The molecule has 1 aliphatic carbocycles. The molecule has 1 heterocycles. The van der Waals surface area contributed by atoms with Crippen LogP contribution in [0.15, 0.2) is 0 Å². The average molecular weight is 293 g/mol. The van der Waals surface area contributed by atoms with Crippen LogP contribution in [0.4, 0.5) is 17.8 Å². The fourth-order valence-electron chi connectivity index (χ4n) is 2.71. The van der Waals surface area contributed by atoms with Crippen molar-refractivity contribution in [3.8, 4) is 0 Å². The molecule has 1 fully saturated rings. The second kappa shape index (κ2) is 6.01. The number of rotatable bonds is 4. The van der Waals surface area contributed by atoms with Crippen molar-refractivity contribution in [3.05, 3.63) is 0 Å². The van der Waals surface area contributed by atoms with E-state index in [1.807, 2.05) is 19.0 Å². The SMILES string of the molecule is CN(C)c1nc(NN)nc(N(C)C2CCC(C)(C)CC2)n1. The van der Waals surface area contributed by atoms with E-state index >= 15 is 0 Å². The van der Waals surface area contributed by atoms with Crippen molar-refractivity contribution in [2.75, 3.05) is 36.4 Å². The lowest BCUT2D eigenvalue weighted by atomic mass is 9.75. The van der Waals surface area contributed by atoms with Crippen LogP contribution in [-0.4, -0.2) is 42.1 Å². The molecule has 0 unspecified atom stereocenters. The molecule has 0 radical (unpaired) electrons. The number of anilines is 3. The summed E-state index contributed by atoms with van der Waals surface area (Å²) in [7, 11) is 5.86. The molecule has 21 heavy (non-hydrogen) atoms. The highest BCUT2D eigenvalue weighted by Crippen LogP contribution is 2.37. The van der Waals surface area contributed by atoms with E-state index in [-0.39, 0.29) is 0 Å². The van der Waals surface area contributed by atoms with Crippen LogP contribution >= 0.6 is 0 Å². The van der Waals surface area contributed by atoms with Gasteiger partial charge in [-0.1, -0.05) is 13.8 Å². The fourth-order valence-corrected chi connectivity index (χ4v) is 2.71. The van der Waals surface area contributed by atoms with Gasteiger partial charge in [-0.2, -0.15) is 15.0 Å². The van der Waals surface area contributed by atoms with Crippen molar-refractivity contribution >= 4 is 17.8 Å². The van der Waals surface area contributed by atoms with E-state index in [0.717, 1.165) is 12.8 Å². The van der Waals surface area contributed by atoms with Crippen LogP contribution in [-0.2, 0) is 0 Å². The predicted octanol–water partition coefficient (Wildman–Crippen LogP) is 1.63. The second-order valence-corrected chi connectivity index (χ2v) is 6.80. The van der Waals surface area contributed by atoms with Gasteiger partial charge in [0.15, 0.2) is 0 Å². The minimum atomic E-state index is 0.395. The molecule has 0 saturated heterocycles. The van der Waals surface area contributed by atoms with E-state index < -0.39 is 0 Å². The largest absolute Gasteiger partial charge is 0.347 e. The number of nitrogens with one attached hydrogen (secondary N) is 1. The summed E-state index contributed by atoms with van der Waals surface area (Å²) in [5.74, 6) is 7.14. The van der Waals surface area contributed by atoms with Crippen LogP contribution in [0.3, 0.4) is 0 Å². The van der Waals surface area contributed by atoms with Crippen LogP contribution < -0.4 is 21.1 Å². The smallest absolute Gasteiger partial charge is 0.243 e. The quantitative estimate of drug-likeness (QED) is 0.645. The van der Waals surface area contributed by atoms with Gasteiger partial charge in [0.1, 0.15) is 0 Å². The van der Waals surface area contributed by atoms with Crippen LogP contribution in [0, 0.1) is 5.41 Å². The Labute approximate surface area is 126 Å². The maximum atomic E-state index is 5.46. The van der Waals surface area contributed by atoms with Gasteiger partial charge in [-0.15, -0.1) is 0 Å². The summed E-state index contributed by atoms with van der Waals surface area (Å²) in [6.07, 6.45) is 4.79. The first-order valence-corrected chi connectivity index (χ1v) is 7.45. The highest BCUT2D eigenvalue weighted by atomic mass is 15.4. The van der Waals surface area contributed by atoms with Gasteiger partial charge in [0.25, 0.3) is 0 Å². The van der Waals surface area contributed by atoms with Gasteiger partial charge >= 0.3 is 0 Å². The highest BCUT2D eigenvalue weighted by molar-refractivity contribution is 5.44. The van der Waals surface area contributed by atoms with Crippen LogP contribution in [0.5, 0.6) is 0 Å². The zero-order chi connectivity index (χ0) is 15.6. The van der Waals surface area contributed by atoms with Crippen molar-refractivity contribution < 1.29 is 0 Å². The third kappa shape index (κ3) is 3.72. The molecule has 1 aliphatic rings. The Morgan fingerprint density at radius 1 is 1.05 bits per heavy atom. The van der Waals surface area contributed by atoms with Gasteiger partial charge in [0, 0.05) is 27.2 Å². The maximum Gasteiger partial charge on any atom is 0.243 e. The molecule has 0 aromatic carbocycles. The Bertz CT molecular complexity index is 476. The molecule has 0 atom stereocenters. The van der Waals surface area contributed by atoms with Gasteiger partial charge in [0.05, 0.1) is 0 Å². The number of hydrogen-bond acceptors (Lipinski definition) is 7. The Balaban J connectivity index is 2.18. The number of nitrogen functional groups attached to an aromatic ring is 1. The average Bonchev–Trinajstić information content (AvgIpc) is 2.46. The molecule has 0 spiro atoms. The van der Waals surface area contributed by atoms with Crippen molar-refractivity contribution in [1.29, 1.82) is 0 Å². The summed E-state index contributed by atoms with van der Waals surface area (Å²) in [5.41, 5.74) is 2.97. The van der Waals surface area contributed by atoms with E-state index in [1.54, 1.807) is 0 Å². The lowest BCUT2D eigenvalue weighted by Crippen LogP contribution is -2.38. The summed E-state index contributed by atoms with van der Waals surface area (Å²) >= 11 is 0. The van der Waals surface area contributed by atoms with E-state index in [1.165, 1.54) is 12.8 Å². The van der Waals surface area contributed by atoms with E-state index in [2.05, 4.69) is 46.2 Å². The molecular weight excluding hydrogens is 266 g/mol. The Hall–Kier alpha value is -1.63. The van der Waals surface area contributed by atoms with Gasteiger partial charge < -0.3 is 9.80 Å².